The molecule has 5 nitrogen and oxygen atoms in total. The first-order valence-corrected chi connectivity index (χ1v) is 11.5. The molecule has 0 radical (unpaired) electrons. The first-order valence-electron chi connectivity index (χ1n) is 10.6. The molecule has 1 aliphatic carbocycles. The van der Waals surface area contributed by atoms with Gasteiger partial charge in [0.2, 0.25) is 0 Å². The van der Waals surface area contributed by atoms with Gasteiger partial charge >= 0.3 is 0 Å². The van der Waals surface area contributed by atoms with Crippen molar-refractivity contribution >= 4 is 27.4 Å². The highest BCUT2D eigenvalue weighted by molar-refractivity contribution is 7.19. The van der Waals surface area contributed by atoms with E-state index in [4.69, 9.17) is 14.7 Å². The van der Waals surface area contributed by atoms with Gasteiger partial charge in [-0.2, -0.15) is 0 Å². The second-order valence-electron chi connectivity index (χ2n) is 8.41. The third-order valence-electron chi connectivity index (χ3n) is 6.39. The third-order valence-corrected chi connectivity index (χ3v) is 7.58. The normalized spacial score (nSPS) is 22.3. The minimum atomic E-state index is 0.826. The summed E-state index contributed by atoms with van der Waals surface area (Å²) in [6.45, 7) is 9.11. The third kappa shape index (κ3) is 3.59. The van der Waals surface area contributed by atoms with Crippen molar-refractivity contribution in [3.63, 3.8) is 0 Å². The molecule has 0 atom stereocenters. The molecule has 0 bridgehead atoms. The fourth-order valence-corrected chi connectivity index (χ4v) is 5.94. The highest BCUT2D eigenvalue weighted by Gasteiger charge is 2.26. The molecule has 2 aliphatic heterocycles. The number of ether oxygens (including phenoxy) is 1. The van der Waals surface area contributed by atoms with E-state index >= 15 is 0 Å². The number of aromatic nitrogens is 2. The Morgan fingerprint density at radius 2 is 1.81 bits per heavy atom. The molecule has 0 aromatic carbocycles. The summed E-state index contributed by atoms with van der Waals surface area (Å²) in [6, 6.07) is 0. The zero-order valence-electron chi connectivity index (χ0n) is 16.4. The predicted molar refractivity (Wildman–Crippen MR) is 111 cm³/mol. The Kier molecular flexibility index (Phi) is 5.05. The number of rotatable bonds is 3. The van der Waals surface area contributed by atoms with Crippen LogP contribution in [0.4, 0.5) is 5.82 Å². The molecule has 3 aliphatic rings. The average Bonchev–Trinajstić information content (AvgIpc) is 3.07. The van der Waals surface area contributed by atoms with Gasteiger partial charge < -0.3 is 9.64 Å². The molecule has 2 aromatic heterocycles. The van der Waals surface area contributed by atoms with E-state index in [-0.39, 0.29) is 0 Å². The number of morpholine rings is 1. The van der Waals surface area contributed by atoms with Gasteiger partial charge in [-0.3, -0.25) is 4.90 Å². The predicted octanol–water partition coefficient (Wildman–Crippen LogP) is 3.64. The number of thiophene rings is 1. The maximum Gasteiger partial charge on any atom is 0.146 e. The van der Waals surface area contributed by atoms with Crippen LogP contribution in [0.2, 0.25) is 0 Å². The van der Waals surface area contributed by atoms with E-state index in [1.54, 1.807) is 10.4 Å². The van der Waals surface area contributed by atoms with Gasteiger partial charge in [-0.05, 0) is 50.0 Å². The van der Waals surface area contributed by atoms with E-state index in [9.17, 15) is 0 Å². The lowest BCUT2D eigenvalue weighted by Gasteiger charge is -2.32. The van der Waals surface area contributed by atoms with Gasteiger partial charge in [0.25, 0.3) is 0 Å². The Morgan fingerprint density at radius 3 is 2.63 bits per heavy atom. The zero-order chi connectivity index (χ0) is 18.2. The van der Waals surface area contributed by atoms with Crippen LogP contribution in [0, 0.1) is 5.92 Å². The molecule has 2 saturated heterocycles. The molecule has 5 rings (SSSR count). The van der Waals surface area contributed by atoms with E-state index in [1.807, 2.05) is 11.3 Å². The van der Waals surface area contributed by atoms with Crippen LogP contribution in [0.15, 0.2) is 0 Å². The van der Waals surface area contributed by atoms with Crippen LogP contribution < -0.4 is 4.90 Å². The standard InChI is InChI=1S/C21H30N4OS/c1-15-6-8-25(9-7-15)20-19-16-4-2-3-5-17(16)27-21(19)23-18(22-20)14-24-10-12-26-13-11-24/h15H,2-14H2,1H3. The molecule has 27 heavy (non-hydrogen) atoms. The first kappa shape index (κ1) is 17.8. The molecule has 4 heterocycles. The van der Waals surface area contributed by atoms with E-state index in [0.29, 0.717) is 0 Å². The van der Waals surface area contributed by atoms with Gasteiger partial charge in [0.05, 0.1) is 25.1 Å². The summed E-state index contributed by atoms with van der Waals surface area (Å²) in [6.07, 6.45) is 7.62. The largest absolute Gasteiger partial charge is 0.379 e. The van der Waals surface area contributed by atoms with Crippen LogP contribution in [-0.2, 0) is 24.1 Å². The van der Waals surface area contributed by atoms with Crippen molar-refractivity contribution in [3.8, 4) is 0 Å². The summed E-state index contributed by atoms with van der Waals surface area (Å²) >= 11 is 1.93. The summed E-state index contributed by atoms with van der Waals surface area (Å²) in [5.41, 5.74) is 1.56. The number of anilines is 1. The maximum atomic E-state index is 5.50. The van der Waals surface area contributed by atoms with Gasteiger partial charge in [-0.1, -0.05) is 6.92 Å². The summed E-state index contributed by atoms with van der Waals surface area (Å²) in [4.78, 5) is 18.0. The summed E-state index contributed by atoms with van der Waals surface area (Å²) in [5, 5.41) is 1.38. The number of hydrogen-bond acceptors (Lipinski definition) is 6. The molecule has 0 amide bonds. The lowest BCUT2D eigenvalue weighted by molar-refractivity contribution is 0.0331. The van der Waals surface area contributed by atoms with E-state index in [0.717, 1.165) is 57.7 Å². The number of piperidine rings is 1. The molecular formula is C21H30N4OS. The van der Waals surface area contributed by atoms with Crippen LogP contribution in [0.25, 0.3) is 10.2 Å². The summed E-state index contributed by atoms with van der Waals surface area (Å²) in [5.74, 6) is 3.06. The molecule has 0 N–H and O–H groups in total. The van der Waals surface area contributed by atoms with Crippen molar-refractivity contribution in [2.75, 3.05) is 44.3 Å². The quantitative estimate of drug-likeness (QED) is 0.806. The zero-order valence-corrected chi connectivity index (χ0v) is 17.2. The van der Waals surface area contributed by atoms with E-state index < -0.39 is 0 Å². The molecule has 0 unspecified atom stereocenters. The first-order chi connectivity index (χ1) is 13.3. The lowest BCUT2D eigenvalue weighted by Crippen LogP contribution is -2.37. The SMILES string of the molecule is CC1CCN(c2nc(CN3CCOCC3)nc3sc4c(c23)CCCC4)CC1. The Hall–Kier alpha value is -1.24. The van der Waals surface area contributed by atoms with Gasteiger partial charge in [0.15, 0.2) is 0 Å². The van der Waals surface area contributed by atoms with Gasteiger partial charge in [-0.15, -0.1) is 11.3 Å². The minimum Gasteiger partial charge on any atom is -0.379 e. The molecule has 2 fully saturated rings. The number of hydrogen-bond donors (Lipinski definition) is 0. The van der Waals surface area contributed by atoms with E-state index in [2.05, 4.69) is 16.7 Å². The Labute approximate surface area is 165 Å². The van der Waals surface area contributed by atoms with Crippen molar-refractivity contribution in [2.45, 2.75) is 52.0 Å². The highest BCUT2D eigenvalue weighted by atomic mass is 32.1. The van der Waals surface area contributed by atoms with Gasteiger partial charge in [0.1, 0.15) is 16.5 Å². The average molecular weight is 387 g/mol. The molecule has 2 aromatic rings. The minimum absolute atomic E-state index is 0.826. The molecule has 146 valence electrons. The van der Waals surface area contributed by atoms with Crippen molar-refractivity contribution < 1.29 is 4.74 Å². The molecule has 0 saturated carbocycles. The fraction of sp³-hybridized carbons (Fsp3) is 0.714. The van der Waals surface area contributed by atoms with Gasteiger partial charge in [0, 0.05) is 31.1 Å². The van der Waals surface area contributed by atoms with Crippen molar-refractivity contribution in [1.82, 2.24) is 14.9 Å². The summed E-state index contributed by atoms with van der Waals surface area (Å²) < 4.78 is 5.50. The molecule has 6 heteroatoms. The van der Waals surface area contributed by atoms with Crippen LogP contribution >= 0.6 is 11.3 Å². The molecular weight excluding hydrogens is 356 g/mol. The topological polar surface area (TPSA) is 41.5 Å². The van der Waals surface area contributed by atoms with Crippen molar-refractivity contribution in [2.24, 2.45) is 5.92 Å². The molecule has 0 spiro atoms. The number of nitrogens with zero attached hydrogens (tertiary/aromatic N) is 4. The van der Waals surface area contributed by atoms with Crippen LogP contribution in [0.5, 0.6) is 0 Å². The summed E-state index contributed by atoms with van der Waals surface area (Å²) in [7, 11) is 0. The van der Waals surface area contributed by atoms with Crippen molar-refractivity contribution in [3.05, 3.63) is 16.3 Å². The van der Waals surface area contributed by atoms with Crippen LogP contribution in [-0.4, -0.2) is 54.3 Å². The Morgan fingerprint density at radius 1 is 1.04 bits per heavy atom. The Bertz CT molecular complexity index is 806. The monoisotopic (exact) mass is 386 g/mol. The lowest BCUT2D eigenvalue weighted by atomic mass is 9.95. The van der Waals surface area contributed by atoms with Crippen LogP contribution in [0.3, 0.4) is 0 Å². The number of fused-ring (bicyclic) bond motifs is 3. The van der Waals surface area contributed by atoms with Crippen LogP contribution in [0.1, 0.15) is 48.9 Å². The highest BCUT2D eigenvalue weighted by Crippen LogP contribution is 2.40. The Balaban J connectivity index is 1.54. The van der Waals surface area contributed by atoms with E-state index in [1.165, 1.54) is 54.6 Å². The second-order valence-corrected chi connectivity index (χ2v) is 9.50. The fourth-order valence-electron chi connectivity index (χ4n) is 4.66. The number of aryl methyl sites for hydroxylation is 2. The van der Waals surface area contributed by atoms with Crippen molar-refractivity contribution in [1.29, 1.82) is 0 Å². The maximum absolute atomic E-state index is 5.50. The smallest absolute Gasteiger partial charge is 0.146 e. The van der Waals surface area contributed by atoms with Gasteiger partial charge in [-0.25, -0.2) is 9.97 Å². The second kappa shape index (κ2) is 7.64.